The summed E-state index contributed by atoms with van der Waals surface area (Å²) in [7, 11) is 0. The van der Waals surface area contributed by atoms with E-state index in [1.807, 2.05) is 0 Å². The first-order chi connectivity index (χ1) is 33.0. The molecule has 402 valence electrons. The van der Waals surface area contributed by atoms with E-state index < -0.39 is 162 Å². The number of hydrogen-bond acceptors (Lipinski definition) is 19. The van der Waals surface area contributed by atoms with Gasteiger partial charge >= 0.3 is 0 Å². The Morgan fingerprint density at radius 3 is 1.32 bits per heavy atom. The third-order valence-corrected chi connectivity index (χ3v) is 10.6. The Bertz CT molecular complexity index is 1930. The number of aldehydes is 1. The van der Waals surface area contributed by atoms with Gasteiger partial charge in [0.25, 0.3) is 0 Å². The number of nitrogens with zero attached hydrogens (tertiary/aromatic N) is 1. The minimum absolute atomic E-state index is 0.0935. The van der Waals surface area contributed by atoms with Crippen LogP contribution >= 0.6 is 25.3 Å². The summed E-state index contributed by atoms with van der Waals surface area (Å²) in [6.45, 7) is 5.75. The fraction of sp³-hybridized carbons (Fsp3) is 0.667. The third kappa shape index (κ3) is 24.4. The van der Waals surface area contributed by atoms with E-state index in [1.54, 1.807) is 0 Å². The van der Waals surface area contributed by atoms with Crippen molar-refractivity contribution in [2.75, 3.05) is 18.1 Å². The van der Waals surface area contributed by atoms with Gasteiger partial charge in [0.05, 0.1) is 36.8 Å². The van der Waals surface area contributed by atoms with Crippen molar-refractivity contribution < 1.29 is 72.9 Å². The quantitative estimate of drug-likeness (QED) is 0.00954. The number of nitrogens with two attached hydrogens (primary N) is 5. The van der Waals surface area contributed by atoms with Gasteiger partial charge in [0, 0.05) is 24.5 Å². The second-order valence-electron chi connectivity index (χ2n) is 16.2. The summed E-state index contributed by atoms with van der Waals surface area (Å²) in [6, 6.07) is -15.3. The molecule has 0 saturated carbocycles. The standard InChI is InChI=1S/C39H69N15O15S2/c1-15(30(61)52-28(18(4)57)37(68)49-22(8-9-25(41)59)33(64)48-20(12-55)7-6-10-45-39(43)44)46-35(66)24(14-71)51-38(69)29(19(5)58)53-31(62)16(2)47-36(67)27(17(3)56)54-34(65)23(11-26(42)60)50-32(63)21(40)13-70/h12,15-24,27-29,56-58,70-71H,6-11,13-14,40H2,1-5H3,(H2,41,59)(H2,42,60)(H,46,66)(H,47,67)(H,48,64)(H,49,68)(H,50,63)(H,51,69)(H,52,61)(H,53,62)(H,54,65)(H4,43,44,45)/t15-,16-,17+,18+,19+,20-,21-,22-,23-,24-,27-,28-,29-/m0/s1. The number of rotatable bonds is 33. The van der Waals surface area contributed by atoms with Crippen molar-refractivity contribution in [1.82, 2.24) is 47.9 Å². The van der Waals surface area contributed by atoms with Crippen LogP contribution in [0, 0.1) is 0 Å². The molecule has 0 aliphatic rings. The van der Waals surface area contributed by atoms with Crippen LogP contribution in [0.25, 0.3) is 0 Å². The molecule has 0 spiro atoms. The first-order valence-corrected chi connectivity index (χ1v) is 23.1. The van der Waals surface area contributed by atoms with Gasteiger partial charge in [-0.3, -0.25) is 57.7 Å². The van der Waals surface area contributed by atoms with Gasteiger partial charge in [-0.15, -0.1) is 0 Å². The van der Waals surface area contributed by atoms with Gasteiger partial charge in [-0.05, 0) is 53.9 Å². The van der Waals surface area contributed by atoms with E-state index in [9.17, 15) is 72.9 Å². The molecule has 0 bridgehead atoms. The number of carbonyl (C=O) groups excluding carboxylic acids is 12. The first kappa shape index (κ1) is 64.7. The van der Waals surface area contributed by atoms with Crippen LogP contribution in [0.1, 0.15) is 66.7 Å². The summed E-state index contributed by atoms with van der Waals surface area (Å²) in [5, 5.41) is 51.4. The lowest BCUT2D eigenvalue weighted by atomic mass is 10.1. The molecule has 0 aliphatic carbocycles. The van der Waals surface area contributed by atoms with Crippen molar-refractivity contribution in [3.05, 3.63) is 0 Å². The topological polar surface area (TPSA) is 516 Å². The van der Waals surface area contributed by atoms with E-state index in [0.717, 1.165) is 34.6 Å². The van der Waals surface area contributed by atoms with Crippen LogP contribution in [0.5, 0.6) is 0 Å². The molecule has 0 unspecified atom stereocenters. The van der Waals surface area contributed by atoms with Crippen LogP contribution in [0.3, 0.4) is 0 Å². The van der Waals surface area contributed by atoms with Gasteiger partial charge in [0.2, 0.25) is 65.0 Å². The minimum Gasteiger partial charge on any atom is -0.391 e. The molecule has 0 aromatic rings. The van der Waals surface area contributed by atoms with Gasteiger partial charge in [-0.1, -0.05) is 0 Å². The van der Waals surface area contributed by atoms with Crippen molar-refractivity contribution in [3.63, 3.8) is 0 Å². The molecule has 0 radical (unpaired) electrons. The Balaban J connectivity index is 5.86. The smallest absolute Gasteiger partial charge is 0.245 e. The molecule has 0 rings (SSSR count). The van der Waals surface area contributed by atoms with Crippen LogP contribution in [0.4, 0.5) is 0 Å². The molecule has 0 saturated heterocycles. The average Bonchev–Trinajstić information content (AvgIpc) is 3.28. The van der Waals surface area contributed by atoms with Gasteiger partial charge in [-0.2, -0.15) is 25.3 Å². The Hall–Kier alpha value is -6.35. The Kier molecular flexibility index (Phi) is 29.6. The highest BCUT2D eigenvalue weighted by Crippen LogP contribution is 2.06. The minimum atomic E-state index is -1.80. The van der Waals surface area contributed by atoms with Crippen LogP contribution in [0.15, 0.2) is 4.99 Å². The van der Waals surface area contributed by atoms with E-state index in [0.29, 0.717) is 6.29 Å². The van der Waals surface area contributed by atoms with Gasteiger partial charge in [0.1, 0.15) is 54.6 Å². The number of guanidine groups is 1. The molecule has 22 N–H and O–H groups in total. The van der Waals surface area contributed by atoms with Crippen molar-refractivity contribution in [3.8, 4) is 0 Å². The van der Waals surface area contributed by atoms with E-state index in [1.165, 1.54) is 0 Å². The molecule has 0 aromatic carbocycles. The molecule has 32 heteroatoms. The third-order valence-electron chi connectivity index (χ3n) is 9.85. The summed E-state index contributed by atoms with van der Waals surface area (Å²) in [5.74, 6) is -12.1. The van der Waals surface area contributed by atoms with E-state index in [4.69, 9.17) is 28.7 Å². The largest absolute Gasteiger partial charge is 0.391 e. The molecule has 30 nitrogen and oxygen atoms in total. The summed E-state index contributed by atoms with van der Waals surface area (Å²) in [4.78, 5) is 157. The zero-order valence-corrected chi connectivity index (χ0v) is 41.5. The van der Waals surface area contributed by atoms with Gasteiger partial charge in [0.15, 0.2) is 5.96 Å². The number of carbonyl (C=O) groups is 12. The zero-order valence-electron chi connectivity index (χ0n) is 39.7. The van der Waals surface area contributed by atoms with Crippen LogP contribution in [0.2, 0.25) is 0 Å². The Morgan fingerprint density at radius 1 is 0.507 bits per heavy atom. The van der Waals surface area contributed by atoms with E-state index in [2.05, 4.69) is 78.1 Å². The van der Waals surface area contributed by atoms with Crippen molar-refractivity contribution >= 4 is 102 Å². The SMILES string of the molecule is C[C@H](NC(=O)[C@H](CS)NC(=O)[C@@H](NC(=O)[C@H](C)NC(=O)[C@@H](NC(=O)[C@H](CC(N)=O)NC(=O)[C@@H](N)CS)[C@@H](C)O)[C@@H](C)O)C(=O)N[C@H](C(=O)N[C@@H](CCC(N)=O)C(=O)N[C@H](C=O)CCCN=C(N)N)[C@@H](C)O. The number of aliphatic imine (C=N–C) groups is 1. The Morgan fingerprint density at radius 2 is 0.915 bits per heavy atom. The van der Waals surface area contributed by atoms with Crippen LogP contribution in [-0.2, 0) is 57.5 Å². The number of nitrogens with one attached hydrogen (secondary N) is 9. The highest BCUT2D eigenvalue weighted by molar-refractivity contribution is 7.80. The lowest BCUT2D eigenvalue weighted by Crippen LogP contribution is -2.63. The number of hydrogen-bond donors (Lipinski definition) is 19. The van der Waals surface area contributed by atoms with Crippen molar-refractivity contribution in [2.45, 2.75) is 145 Å². The summed E-state index contributed by atoms with van der Waals surface area (Å²) >= 11 is 7.96. The lowest BCUT2D eigenvalue weighted by molar-refractivity contribution is -0.137. The maximum absolute atomic E-state index is 13.4. The van der Waals surface area contributed by atoms with Crippen LogP contribution in [-0.4, -0.2) is 189 Å². The number of aliphatic hydroxyl groups is 3. The number of primary amides is 2. The first-order valence-electron chi connectivity index (χ1n) is 21.8. The zero-order chi connectivity index (χ0) is 54.9. The van der Waals surface area contributed by atoms with Gasteiger partial charge in [-0.25, -0.2) is 0 Å². The monoisotopic (exact) mass is 1050 g/mol. The molecule has 13 atom stereocenters. The maximum atomic E-state index is 13.4. The number of amides is 11. The van der Waals surface area contributed by atoms with E-state index in [-0.39, 0.29) is 37.5 Å². The van der Waals surface area contributed by atoms with Gasteiger partial charge < -0.3 is 96.6 Å². The molecular formula is C39H69N15O15S2. The normalized spacial score (nSPS) is 16.4. The summed E-state index contributed by atoms with van der Waals surface area (Å²) < 4.78 is 0. The summed E-state index contributed by atoms with van der Waals surface area (Å²) in [6.07, 6.45) is -5.57. The second kappa shape index (κ2) is 32.5. The van der Waals surface area contributed by atoms with E-state index >= 15 is 0 Å². The van der Waals surface area contributed by atoms with Crippen molar-refractivity contribution in [1.29, 1.82) is 0 Å². The highest BCUT2D eigenvalue weighted by Gasteiger charge is 2.36. The lowest BCUT2D eigenvalue weighted by Gasteiger charge is -2.28. The molecule has 0 aliphatic heterocycles. The predicted octanol–water partition coefficient (Wildman–Crippen LogP) is -9.89. The highest BCUT2D eigenvalue weighted by atomic mass is 32.1. The molecule has 0 fully saturated rings. The number of thiol groups is 2. The molecule has 0 heterocycles. The average molecular weight is 1050 g/mol. The van der Waals surface area contributed by atoms with Crippen LogP contribution < -0.4 is 76.5 Å². The Labute approximate surface area is 419 Å². The fourth-order valence-electron chi connectivity index (χ4n) is 5.80. The molecular weight excluding hydrogens is 983 g/mol. The molecule has 0 aromatic heterocycles. The number of aliphatic hydroxyl groups excluding tert-OH is 3. The summed E-state index contributed by atoms with van der Waals surface area (Å²) in [5.41, 5.74) is 26.6. The molecule has 71 heavy (non-hydrogen) atoms. The molecule has 11 amide bonds. The second-order valence-corrected chi connectivity index (χ2v) is 16.9. The predicted molar refractivity (Wildman–Crippen MR) is 258 cm³/mol. The van der Waals surface area contributed by atoms with Crippen molar-refractivity contribution in [2.24, 2.45) is 33.7 Å². The fourth-order valence-corrected chi connectivity index (χ4v) is 6.22. The maximum Gasteiger partial charge on any atom is 0.245 e.